The van der Waals surface area contributed by atoms with Crippen LogP contribution in [0.4, 0.5) is 27.6 Å². The number of furan rings is 1. The first kappa shape index (κ1) is 26.9. The molecule has 1 heterocycles. The lowest BCUT2D eigenvalue weighted by molar-refractivity contribution is -0.137. The fourth-order valence-electron chi connectivity index (χ4n) is 3.25. The van der Waals surface area contributed by atoms with Gasteiger partial charge in [-0.25, -0.2) is 8.78 Å². The first-order valence-corrected chi connectivity index (χ1v) is 10.8. The number of carbonyl (C=O) groups excluding carboxylic acids is 1. The van der Waals surface area contributed by atoms with Gasteiger partial charge in [-0.15, -0.1) is 0 Å². The molecule has 0 aliphatic carbocycles. The maximum absolute atomic E-state index is 14.0. The summed E-state index contributed by atoms with van der Waals surface area (Å²) in [4.78, 5) is 12.5. The predicted molar refractivity (Wildman–Crippen MR) is 122 cm³/mol. The number of benzene rings is 2. The topological polar surface area (TPSA) is 54.3 Å². The molecule has 4 nitrogen and oxygen atoms in total. The van der Waals surface area contributed by atoms with Crippen LogP contribution in [-0.2, 0) is 12.6 Å². The van der Waals surface area contributed by atoms with Gasteiger partial charge in [0.25, 0.3) is 5.91 Å². The Balaban J connectivity index is 0.00000199. The summed E-state index contributed by atoms with van der Waals surface area (Å²) < 4.78 is 73.0. The highest BCUT2D eigenvalue weighted by molar-refractivity contribution is 5.92. The van der Waals surface area contributed by atoms with E-state index < -0.39 is 35.3 Å². The van der Waals surface area contributed by atoms with Crippen molar-refractivity contribution in [3.8, 4) is 11.3 Å². The van der Waals surface area contributed by atoms with Crippen LogP contribution in [0.15, 0.2) is 46.9 Å². The van der Waals surface area contributed by atoms with Crippen LogP contribution in [0, 0.1) is 11.6 Å². The smallest absolute Gasteiger partial charge is 0.416 e. The van der Waals surface area contributed by atoms with E-state index in [2.05, 4.69) is 10.6 Å². The van der Waals surface area contributed by atoms with E-state index in [1.807, 2.05) is 13.8 Å². The third-order valence-corrected chi connectivity index (χ3v) is 5.00. The number of anilines is 1. The summed E-state index contributed by atoms with van der Waals surface area (Å²) in [6.45, 7) is 7.27. The van der Waals surface area contributed by atoms with Crippen LogP contribution in [-0.4, -0.2) is 13.0 Å². The van der Waals surface area contributed by atoms with Gasteiger partial charge in [0.2, 0.25) is 0 Å². The zero-order valence-electron chi connectivity index (χ0n) is 19.5. The quantitative estimate of drug-likeness (QED) is 0.361. The van der Waals surface area contributed by atoms with Gasteiger partial charge in [0, 0.05) is 12.6 Å². The number of amides is 1. The summed E-state index contributed by atoms with van der Waals surface area (Å²) >= 11 is 0. The highest BCUT2D eigenvalue weighted by Gasteiger charge is 2.31. The van der Waals surface area contributed by atoms with Gasteiger partial charge < -0.3 is 15.1 Å². The molecule has 184 valence electrons. The molecule has 1 aromatic heterocycles. The lowest BCUT2D eigenvalue weighted by Crippen LogP contribution is -2.26. The number of hydrogen-bond donors (Lipinski definition) is 2. The largest absolute Gasteiger partial charge is 0.451 e. The summed E-state index contributed by atoms with van der Waals surface area (Å²) in [5, 5.41) is 4.97. The van der Waals surface area contributed by atoms with Gasteiger partial charge in [0.15, 0.2) is 5.76 Å². The average molecular weight is 482 g/mol. The monoisotopic (exact) mass is 482 g/mol. The summed E-state index contributed by atoms with van der Waals surface area (Å²) in [6.07, 6.45) is -4.13. The fraction of sp³-hybridized carbons (Fsp3) is 0.320. The molecule has 0 aliphatic heterocycles. The lowest BCUT2D eigenvalue weighted by Gasteiger charge is -2.15. The summed E-state index contributed by atoms with van der Waals surface area (Å²) in [7, 11) is 1.38. The van der Waals surface area contributed by atoms with Crippen molar-refractivity contribution in [2.45, 2.75) is 46.3 Å². The molecule has 0 fully saturated rings. The zero-order chi connectivity index (χ0) is 25.6. The van der Waals surface area contributed by atoms with E-state index in [9.17, 15) is 26.7 Å². The zero-order valence-corrected chi connectivity index (χ0v) is 19.5. The SMILES string of the molecule is CC.CCc1cc(-c2ccc(C(=O)NC(C)c3cc(F)c(NC)c(F)c3)o2)cc(C(F)(F)F)c1. The molecule has 0 saturated heterocycles. The highest BCUT2D eigenvalue weighted by atomic mass is 19.4. The predicted octanol–water partition coefficient (Wildman–Crippen LogP) is 7.36. The Morgan fingerprint density at radius 1 is 1.03 bits per heavy atom. The van der Waals surface area contributed by atoms with E-state index in [0.717, 1.165) is 24.3 Å². The Hall–Kier alpha value is -3.36. The van der Waals surface area contributed by atoms with Crippen LogP contribution in [0.1, 0.15) is 61.0 Å². The summed E-state index contributed by atoms with van der Waals surface area (Å²) in [5.41, 5.74) is -0.229. The molecule has 1 unspecified atom stereocenters. The molecular formula is C25H27F5N2O2. The van der Waals surface area contributed by atoms with Crippen molar-refractivity contribution in [2.75, 3.05) is 12.4 Å². The third-order valence-electron chi connectivity index (χ3n) is 5.00. The number of carbonyl (C=O) groups is 1. The molecule has 0 aliphatic rings. The molecule has 0 spiro atoms. The van der Waals surface area contributed by atoms with E-state index in [4.69, 9.17) is 4.42 Å². The summed E-state index contributed by atoms with van der Waals surface area (Å²) in [6, 6.07) is 7.75. The third kappa shape index (κ3) is 6.15. The first-order valence-electron chi connectivity index (χ1n) is 10.8. The number of nitrogens with one attached hydrogen (secondary N) is 2. The molecule has 2 aromatic carbocycles. The first-order chi connectivity index (χ1) is 16.0. The minimum atomic E-state index is -4.52. The molecule has 1 amide bonds. The van der Waals surface area contributed by atoms with Gasteiger partial charge >= 0.3 is 6.18 Å². The molecule has 34 heavy (non-hydrogen) atoms. The average Bonchev–Trinajstić information content (AvgIpc) is 3.30. The second-order valence-corrected chi connectivity index (χ2v) is 7.24. The maximum atomic E-state index is 14.0. The highest BCUT2D eigenvalue weighted by Crippen LogP contribution is 2.34. The molecule has 0 radical (unpaired) electrons. The Morgan fingerprint density at radius 2 is 1.65 bits per heavy atom. The van der Waals surface area contributed by atoms with Crippen molar-refractivity contribution in [1.29, 1.82) is 0 Å². The van der Waals surface area contributed by atoms with Crippen LogP contribution in [0.25, 0.3) is 11.3 Å². The number of hydrogen-bond acceptors (Lipinski definition) is 3. The minimum Gasteiger partial charge on any atom is -0.451 e. The van der Waals surface area contributed by atoms with Gasteiger partial charge in [0.1, 0.15) is 23.1 Å². The molecule has 2 N–H and O–H groups in total. The molecular weight excluding hydrogens is 455 g/mol. The molecule has 0 saturated carbocycles. The van der Waals surface area contributed by atoms with E-state index in [1.54, 1.807) is 13.0 Å². The van der Waals surface area contributed by atoms with Gasteiger partial charge in [-0.05, 0) is 66.9 Å². The van der Waals surface area contributed by atoms with Crippen molar-refractivity contribution < 1.29 is 31.2 Å². The molecule has 0 bridgehead atoms. The van der Waals surface area contributed by atoms with Crippen LogP contribution < -0.4 is 10.6 Å². The number of alkyl halides is 3. The molecule has 9 heteroatoms. The van der Waals surface area contributed by atoms with Gasteiger partial charge in [-0.3, -0.25) is 4.79 Å². The van der Waals surface area contributed by atoms with E-state index >= 15 is 0 Å². The molecule has 3 rings (SSSR count). The summed E-state index contributed by atoms with van der Waals surface area (Å²) in [5.74, 6) is -2.33. The number of aryl methyl sites for hydroxylation is 1. The van der Waals surface area contributed by atoms with E-state index in [1.165, 1.54) is 26.1 Å². The standard InChI is InChI=1S/C23H21F5N2O2.C2H6/c1-4-13-7-15(9-16(8-13)23(26,27)28)19-5-6-20(32-19)22(31)30-12(2)14-10-17(24)21(29-3)18(25)11-14;1-2/h5-12,29H,4H2,1-3H3,(H,30,31);1-2H3. The van der Waals surface area contributed by atoms with Gasteiger partial charge in [-0.1, -0.05) is 20.8 Å². The molecule has 1 atom stereocenters. The number of rotatable bonds is 6. The van der Waals surface area contributed by atoms with Crippen molar-refractivity contribution in [2.24, 2.45) is 0 Å². The van der Waals surface area contributed by atoms with Crippen LogP contribution in [0.5, 0.6) is 0 Å². The number of halogens is 5. The Kier molecular flexibility index (Phi) is 8.84. The fourth-order valence-corrected chi connectivity index (χ4v) is 3.25. The maximum Gasteiger partial charge on any atom is 0.416 e. The Labute approximate surface area is 195 Å². The van der Waals surface area contributed by atoms with Crippen LogP contribution in [0.3, 0.4) is 0 Å². The van der Waals surface area contributed by atoms with Crippen LogP contribution >= 0.6 is 0 Å². The van der Waals surface area contributed by atoms with E-state index in [-0.39, 0.29) is 28.3 Å². The second kappa shape index (κ2) is 11.2. The molecule has 3 aromatic rings. The van der Waals surface area contributed by atoms with Crippen molar-refractivity contribution in [3.63, 3.8) is 0 Å². The van der Waals surface area contributed by atoms with Gasteiger partial charge in [0.05, 0.1) is 11.6 Å². The Morgan fingerprint density at radius 3 is 2.18 bits per heavy atom. The van der Waals surface area contributed by atoms with Crippen LogP contribution in [0.2, 0.25) is 0 Å². The van der Waals surface area contributed by atoms with Crippen molar-refractivity contribution in [3.05, 3.63) is 76.5 Å². The van der Waals surface area contributed by atoms with E-state index in [0.29, 0.717) is 12.0 Å². The normalized spacial score (nSPS) is 11.9. The Bertz CT molecular complexity index is 1120. The van der Waals surface area contributed by atoms with Gasteiger partial charge in [-0.2, -0.15) is 13.2 Å². The minimum absolute atomic E-state index is 0.0964. The second-order valence-electron chi connectivity index (χ2n) is 7.24. The van der Waals surface area contributed by atoms with Crippen molar-refractivity contribution in [1.82, 2.24) is 5.32 Å². The lowest BCUT2D eigenvalue weighted by atomic mass is 10.0. The van der Waals surface area contributed by atoms with Crippen molar-refractivity contribution >= 4 is 11.6 Å².